The van der Waals surface area contributed by atoms with Crippen molar-refractivity contribution in [1.82, 2.24) is 5.32 Å². The van der Waals surface area contributed by atoms with Gasteiger partial charge in [0.05, 0.1) is 0 Å². The molecule has 1 saturated carbocycles. The minimum atomic E-state index is -0.991. The van der Waals surface area contributed by atoms with Crippen LogP contribution in [0.5, 0.6) is 0 Å². The van der Waals surface area contributed by atoms with E-state index in [0.717, 1.165) is 0 Å². The fourth-order valence-corrected chi connectivity index (χ4v) is 1.95. The average Bonchev–Trinajstić information content (AvgIpc) is 2.90. The van der Waals surface area contributed by atoms with E-state index in [2.05, 4.69) is 11.9 Å². The molecule has 5 nitrogen and oxygen atoms in total. The van der Waals surface area contributed by atoms with Crippen molar-refractivity contribution in [2.45, 2.75) is 38.3 Å². The second kappa shape index (κ2) is 5.46. The van der Waals surface area contributed by atoms with Gasteiger partial charge in [0.15, 0.2) is 0 Å². The van der Waals surface area contributed by atoms with Crippen LogP contribution in [0.2, 0.25) is 0 Å². The number of hydrogen-bond acceptors (Lipinski definition) is 4. The van der Waals surface area contributed by atoms with E-state index in [0.29, 0.717) is 6.42 Å². The van der Waals surface area contributed by atoms with Crippen molar-refractivity contribution >= 4 is 34.7 Å². The third-order valence-electron chi connectivity index (χ3n) is 2.57. The molecule has 0 radical (unpaired) electrons. The fraction of sp³-hybridized carbons (Fsp3) is 0.667. The van der Waals surface area contributed by atoms with Crippen molar-refractivity contribution in [3.8, 4) is 0 Å². The Bertz CT molecular complexity index is 364. The minimum absolute atomic E-state index is 0.0968. The van der Waals surface area contributed by atoms with Gasteiger partial charge in [-0.25, -0.2) is 9.59 Å². The van der Waals surface area contributed by atoms with E-state index in [1.54, 1.807) is 26.8 Å². The highest BCUT2D eigenvalue weighted by atomic mass is 127. The highest BCUT2D eigenvalue weighted by Gasteiger charge is 2.61. The molecule has 0 aromatic heterocycles. The molecule has 0 heterocycles. The van der Waals surface area contributed by atoms with Crippen molar-refractivity contribution < 1.29 is 19.1 Å². The summed E-state index contributed by atoms with van der Waals surface area (Å²) in [6.07, 6.45) is 1.54. The molecule has 0 aromatic carbocycles. The molecule has 2 atom stereocenters. The Balaban J connectivity index is 2.68. The van der Waals surface area contributed by atoms with Crippen LogP contribution in [-0.2, 0) is 14.3 Å². The number of nitrogens with one attached hydrogen (secondary N) is 1. The van der Waals surface area contributed by atoms with Crippen LogP contribution in [0.3, 0.4) is 0 Å². The van der Waals surface area contributed by atoms with Gasteiger partial charge in [0.25, 0.3) is 0 Å². The average molecular weight is 367 g/mol. The largest absolute Gasteiger partial charge is 0.453 e. The van der Waals surface area contributed by atoms with Crippen LogP contribution in [0.4, 0.5) is 4.79 Å². The molecule has 0 spiro atoms. The van der Waals surface area contributed by atoms with Crippen LogP contribution < -0.4 is 5.32 Å². The first-order valence-corrected chi connectivity index (χ1v) is 7.14. The number of esters is 1. The van der Waals surface area contributed by atoms with Gasteiger partial charge in [-0.05, 0) is 49.8 Å². The number of amides is 1. The van der Waals surface area contributed by atoms with Gasteiger partial charge in [-0.3, -0.25) is 0 Å². The molecule has 1 unspecified atom stereocenters. The number of halogens is 1. The normalized spacial score (nSPS) is 26.1. The molecule has 1 N–H and O–H groups in total. The lowest BCUT2D eigenvalue weighted by atomic mass is 10.2. The van der Waals surface area contributed by atoms with Gasteiger partial charge in [0.1, 0.15) is 15.8 Å². The molecular weight excluding hydrogens is 349 g/mol. The summed E-state index contributed by atoms with van der Waals surface area (Å²) in [5.74, 6) is -0.534. The minimum Gasteiger partial charge on any atom is -0.453 e. The highest BCUT2D eigenvalue weighted by Crippen LogP contribution is 2.45. The van der Waals surface area contributed by atoms with E-state index < -0.39 is 23.2 Å². The number of carbonyl (C=O) groups excluding carboxylic acids is 2. The smallest absolute Gasteiger partial charge is 0.408 e. The van der Waals surface area contributed by atoms with Gasteiger partial charge in [-0.1, -0.05) is 6.08 Å². The zero-order valence-electron chi connectivity index (χ0n) is 10.8. The summed E-state index contributed by atoms with van der Waals surface area (Å²) in [5, 5.41) is 2.60. The Hall–Kier alpha value is -0.790. The molecule has 6 heteroatoms. The summed E-state index contributed by atoms with van der Waals surface area (Å²) in [5.41, 5.74) is -1.59. The first kappa shape index (κ1) is 15.3. The Kier molecular flexibility index (Phi) is 4.63. The monoisotopic (exact) mass is 367 g/mol. The summed E-state index contributed by atoms with van der Waals surface area (Å²) in [6.45, 7) is 8.93. The van der Waals surface area contributed by atoms with E-state index in [9.17, 15) is 9.59 Å². The van der Waals surface area contributed by atoms with Crippen molar-refractivity contribution in [3.63, 3.8) is 0 Å². The van der Waals surface area contributed by atoms with E-state index in [4.69, 9.17) is 9.47 Å². The van der Waals surface area contributed by atoms with Gasteiger partial charge in [0.2, 0.25) is 0 Å². The molecule has 102 valence electrons. The predicted octanol–water partition coefficient (Wildman–Crippen LogP) is 2.39. The van der Waals surface area contributed by atoms with E-state index in [-0.39, 0.29) is 10.5 Å². The second-order valence-electron chi connectivity index (χ2n) is 5.19. The third kappa shape index (κ3) is 3.60. The van der Waals surface area contributed by atoms with Crippen molar-refractivity contribution in [2.24, 2.45) is 5.92 Å². The number of hydrogen-bond donors (Lipinski definition) is 1. The first-order valence-electron chi connectivity index (χ1n) is 5.62. The Labute approximate surface area is 120 Å². The van der Waals surface area contributed by atoms with E-state index >= 15 is 0 Å². The van der Waals surface area contributed by atoms with Crippen LogP contribution in [0.25, 0.3) is 0 Å². The maximum absolute atomic E-state index is 11.9. The maximum Gasteiger partial charge on any atom is 0.408 e. The number of carbonyl (C=O) groups is 2. The van der Waals surface area contributed by atoms with Gasteiger partial charge in [-0.15, -0.1) is 6.58 Å². The van der Waals surface area contributed by atoms with Crippen molar-refractivity contribution in [3.05, 3.63) is 12.7 Å². The van der Waals surface area contributed by atoms with Crippen molar-refractivity contribution in [2.75, 3.05) is 4.61 Å². The van der Waals surface area contributed by atoms with Crippen LogP contribution in [0.1, 0.15) is 27.2 Å². The van der Waals surface area contributed by atoms with Crippen LogP contribution >= 0.6 is 22.6 Å². The standard InChI is InChI=1S/C12H18INO4/c1-5-8-6-12(8,9(15)17-7-13)14-10(16)18-11(2,3)4/h5,8H,1,6-7H2,2-4H3,(H,14,16)/t8?,12-/m1/s1. The van der Waals surface area contributed by atoms with E-state index in [1.165, 1.54) is 0 Å². The molecule has 0 saturated heterocycles. The summed E-state index contributed by atoms with van der Waals surface area (Å²) >= 11 is 1.93. The Morgan fingerprint density at radius 3 is 2.56 bits per heavy atom. The zero-order valence-corrected chi connectivity index (χ0v) is 12.9. The van der Waals surface area contributed by atoms with Gasteiger partial charge in [0, 0.05) is 5.92 Å². The molecule has 1 amide bonds. The quantitative estimate of drug-likeness (QED) is 0.359. The molecule has 0 aliphatic heterocycles. The summed E-state index contributed by atoms with van der Waals surface area (Å²) in [6, 6.07) is 0. The lowest BCUT2D eigenvalue weighted by Crippen LogP contribution is -2.47. The van der Waals surface area contributed by atoms with Gasteiger partial charge in [-0.2, -0.15) is 0 Å². The molecule has 1 aliphatic rings. The molecular formula is C12H18INO4. The number of ether oxygens (including phenoxy) is 2. The Morgan fingerprint density at radius 1 is 1.56 bits per heavy atom. The van der Waals surface area contributed by atoms with Gasteiger partial charge < -0.3 is 14.8 Å². The second-order valence-corrected chi connectivity index (χ2v) is 5.81. The molecule has 18 heavy (non-hydrogen) atoms. The van der Waals surface area contributed by atoms with E-state index in [1.807, 2.05) is 22.6 Å². The number of rotatable bonds is 4. The Morgan fingerprint density at radius 2 is 2.17 bits per heavy atom. The fourth-order valence-electron chi connectivity index (χ4n) is 1.67. The first-order chi connectivity index (χ1) is 8.25. The van der Waals surface area contributed by atoms with Crippen LogP contribution in [0, 0.1) is 5.92 Å². The molecule has 1 aliphatic carbocycles. The lowest BCUT2D eigenvalue weighted by Gasteiger charge is -2.23. The number of alkyl halides is 1. The maximum atomic E-state index is 11.9. The topological polar surface area (TPSA) is 64.6 Å². The van der Waals surface area contributed by atoms with Crippen LogP contribution in [-0.4, -0.2) is 27.8 Å². The molecule has 1 fully saturated rings. The van der Waals surface area contributed by atoms with Crippen LogP contribution in [0.15, 0.2) is 12.7 Å². The number of alkyl carbamates (subject to hydrolysis) is 1. The summed E-state index contributed by atoms with van der Waals surface area (Å²) in [7, 11) is 0. The molecule has 1 rings (SSSR count). The van der Waals surface area contributed by atoms with Gasteiger partial charge >= 0.3 is 12.1 Å². The van der Waals surface area contributed by atoms with Crippen molar-refractivity contribution in [1.29, 1.82) is 0 Å². The summed E-state index contributed by atoms with van der Waals surface area (Å²) in [4.78, 5) is 23.6. The SMILES string of the molecule is C=CC1C[C@]1(NC(=O)OC(C)(C)C)C(=O)OCI. The summed E-state index contributed by atoms with van der Waals surface area (Å²) < 4.78 is 10.4. The predicted molar refractivity (Wildman–Crippen MR) is 75.4 cm³/mol. The molecule has 0 bridgehead atoms. The third-order valence-corrected chi connectivity index (χ3v) is 2.88. The highest BCUT2D eigenvalue weighted by molar-refractivity contribution is 14.1. The molecule has 0 aromatic rings. The lowest BCUT2D eigenvalue weighted by molar-refractivity contribution is -0.145. The zero-order chi connectivity index (χ0) is 14.0.